The number of likely N-dealkylation sites (tertiary alicyclic amines) is 1. The molecule has 0 bridgehead atoms. The maximum absolute atomic E-state index is 12.3. The van der Waals surface area contributed by atoms with Gasteiger partial charge in [0, 0.05) is 24.5 Å². The molecule has 3 nitrogen and oxygen atoms in total. The van der Waals surface area contributed by atoms with E-state index in [1.807, 2.05) is 25.7 Å². The van der Waals surface area contributed by atoms with Crippen molar-refractivity contribution in [3.8, 4) is 0 Å². The fraction of sp³-hybridized carbons (Fsp3) is 0.929. The minimum Gasteiger partial charge on any atom is -0.340 e. The Morgan fingerprint density at radius 3 is 2.47 bits per heavy atom. The second-order valence-electron chi connectivity index (χ2n) is 6.47. The van der Waals surface area contributed by atoms with Crippen molar-refractivity contribution in [3.63, 3.8) is 0 Å². The lowest BCUT2D eigenvalue weighted by molar-refractivity contribution is -0.142. The molecular weight excluding hydrogens is 250 g/mol. The molecule has 2 unspecified atom stereocenters. The molecule has 1 heterocycles. The number of hydrogen-bond donors (Lipinski definition) is 1. The van der Waals surface area contributed by atoms with Crippen molar-refractivity contribution in [2.75, 3.05) is 19.6 Å². The van der Waals surface area contributed by atoms with E-state index >= 15 is 0 Å². The van der Waals surface area contributed by atoms with Crippen LogP contribution in [0.2, 0.25) is 0 Å². The van der Waals surface area contributed by atoms with E-state index in [1.165, 1.54) is 0 Å². The van der Waals surface area contributed by atoms with Crippen molar-refractivity contribution >= 4 is 5.91 Å². The van der Waals surface area contributed by atoms with E-state index in [-0.39, 0.29) is 18.5 Å². The largest absolute Gasteiger partial charge is 0.340 e. The van der Waals surface area contributed by atoms with Crippen LogP contribution < -0.4 is 5.32 Å². The lowest BCUT2D eigenvalue weighted by Gasteiger charge is -2.40. The van der Waals surface area contributed by atoms with E-state index < -0.39 is 11.8 Å². The summed E-state index contributed by atoms with van der Waals surface area (Å²) in [6.45, 7) is 8.77. The zero-order chi connectivity index (χ0) is 14.6. The van der Waals surface area contributed by atoms with Crippen LogP contribution in [0.15, 0.2) is 0 Å². The Hall–Kier alpha value is -0.710. The molecule has 1 fully saturated rings. The molecule has 0 saturated carbocycles. The normalized spacial score (nSPS) is 24.9. The number of nitrogens with one attached hydrogen (secondary N) is 1. The molecule has 1 rings (SSSR count). The summed E-state index contributed by atoms with van der Waals surface area (Å²) in [6.07, 6.45) is -0.494. The van der Waals surface area contributed by atoms with E-state index in [0.29, 0.717) is 12.5 Å². The Kier molecular flexibility index (Phi) is 5.71. The maximum atomic E-state index is 12.3. The van der Waals surface area contributed by atoms with Gasteiger partial charge < -0.3 is 10.2 Å². The number of piperidine rings is 1. The van der Waals surface area contributed by atoms with Crippen LogP contribution in [-0.2, 0) is 4.79 Å². The molecular formula is C14H26F2N2O. The smallest absolute Gasteiger partial charge is 0.250 e. The minimum absolute atomic E-state index is 0.0148. The van der Waals surface area contributed by atoms with Crippen LogP contribution in [-0.4, -0.2) is 42.9 Å². The van der Waals surface area contributed by atoms with Crippen molar-refractivity contribution in [2.24, 2.45) is 11.3 Å². The summed E-state index contributed by atoms with van der Waals surface area (Å²) in [5.74, 6) is 0.504. The molecule has 1 saturated heterocycles. The van der Waals surface area contributed by atoms with E-state index in [0.717, 1.165) is 19.4 Å². The SMILES string of the molecule is CCC1CC(NCC(F)F)CN(C(=O)C(C)(C)C)C1. The summed E-state index contributed by atoms with van der Waals surface area (Å²) < 4.78 is 24.5. The molecule has 0 aliphatic carbocycles. The molecule has 0 spiro atoms. The number of amides is 1. The van der Waals surface area contributed by atoms with Gasteiger partial charge in [-0.05, 0) is 12.3 Å². The molecule has 0 aromatic carbocycles. The van der Waals surface area contributed by atoms with Crippen LogP contribution in [0.4, 0.5) is 8.78 Å². The number of carbonyl (C=O) groups is 1. The highest BCUT2D eigenvalue weighted by atomic mass is 19.3. The van der Waals surface area contributed by atoms with Gasteiger partial charge in [-0.3, -0.25) is 4.79 Å². The summed E-state index contributed by atoms with van der Waals surface area (Å²) in [4.78, 5) is 14.1. The molecule has 0 aromatic heterocycles. The van der Waals surface area contributed by atoms with Crippen LogP contribution in [0.5, 0.6) is 0 Å². The molecule has 2 atom stereocenters. The molecule has 1 aliphatic heterocycles. The van der Waals surface area contributed by atoms with E-state index in [2.05, 4.69) is 12.2 Å². The van der Waals surface area contributed by atoms with Crippen LogP contribution in [0.25, 0.3) is 0 Å². The number of hydrogen-bond acceptors (Lipinski definition) is 2. The summed E-state index contributed by atoms with van der Waals surface area (Å²) in [7, 11) is 0. The van der Waals surface area contributed by atoms with E-state index in [4.69, 9.17) is 0 Å². The second kappa shape index (κ2) is 6.64. The Morgan fingerprint density at radius 1 is 1.37 bits per heavy atom. The summed E-state index contributed by atoms with van der Waals surface area (Å²) in [5.41, 5.74) is -0.414. The number of carbonyl (C=O) groups excluding carboxylic acids is 1. The number of halogens is 2. The fourth-order valence-corrected chi connectivity index (χ4v) is 2.54. The summed E-state index contributed by atoms with van der Waals surface area (Å²) in [6, 6.07) is -0.0148. The van der Waals surface area contributed by atoms with E-state index in [9.17, 15) is 13.6 Å². The van der Waals surface area contributed by atoms with Gasteiger partial charge in [-0.15, -0.1) is 0 Å². The minimum atomic E-state index is -2.34. The Balaban J connectivity index is 2.64. The van der Waals surface area contributed by atoms with Gasteiger partial charge in [-0.2, -0.15) is 0 Å². The predicted octanol–water partition coefficient (Wildman–Crippen LogP) is 2.51. The second-order valence-corrected chi connectivity index (χ2v) is 6.47. The zero-order valence-corrected chi connectivity index (χ0v) is 12.4. The third-order valence-corrected chi connectivity index (χ3v) is 3.60. The fourth-order valence-electron chi connectivity index (χ4n) is 2.54. The standard InChI is InChI=1S/C14H26F2N2O/c1-5-10-6-11(17-7-12(15)16)9-18(8-10)13(19)14(2,3)4/h10-12,17H,5-9H2,1-4H3. The number of alkyl halides is 2. The summed E-state index contributed by atoms with van der Waals surface area (Å²) in [5, 5.41) is 2.88. The summed E-state index contributed by atoms with van der Waals surface area (Å²) >= 11 is 0. The van der Waals surface area contributed by atoms with Gasteiger partial charge in [0.05, 0.1) is 6.54 Å². The molecule has 112 valence electrons. The van der Waals surface area contributed by atoms with Crippen molar-refractivity contribution in [2.45, 2.75) is 53.0 Å². The Labute approximate surface area is 114 Å². The number of nitrogens with zero attached hydrogens (tertiary/aromatic N) is 1. The first-order valence-electron chi connectivity index (χ1n) is 7.05. The van der Waals surface area contributed by atoms with Gasteiger partial charge >= 0.3 is 0 Å². The first kappa shape index (κ1) is 16.3. The third kappa shape index (κ3) is 5.05. The average Bonchev–Trinajstić information content (AvgIpc) is 2.33. The van der Waals surface area contributed by atoms with Gasteiger partial charge in [0.2, 0.25) is 5.91 Å². The van der Waals surface area contributed by atoms with Gasteiger partial charge in [-0.25, -0.2) is 8.78 Å². The van der Waals surface area contributed by atoms with Crippen molar-refractivity contribution in [3.05, 3.63) is 0 Å². The Bertz CT molecular complexity index is 302. The molecule has 19 heavy (non-hydrogen) atoms. The van der Waals surface area contributed by atoms with Crippen LogP contribution in [0.1, 0.15) is 40.5 Å². The van der Waals surface area contributed by atoms with Crippen molar-refractivity contribution in [1.29, 1.82) is 0 Å². The zero-order valence-electron chi connectivity index (χ0n) is 12.4. The lowest BCUT2D eigenvalue weighted by Crippen LogP contribution is -2.54. The van der Waals surface area contributed by atoms with Crippen LogP contribution >= 0.6 is 0 Å². The van der Waals surface area contributed by atoms with Crippen molar-refractivity contribution < 1.29 is 13.6 Å². The van der Waals surface area contributed by atoms with Crippen molar-refractivity contribution in [1.82, 2.24) is 10.2 Å². The first-order valence-corrected chi connectivity index (χ1v) is 7.05. The monoisotopic (exact) mass is 276 g/mol. The lowest BCUT2D eigenvalue weighted by atomic mass is 9.88. The number of rotatable bonds is 4. The quantitative estimate of drug-likeness (QED) is 0.855. The van der Waals surface area contributed by atoms with Gasteiger partial charge in [0.25, 0.3) is 6.43 Å². The molecule has 1 N–H and O–H groups in total. The van der Waals surface area contributed by atoms with Crippen LogP contribution in [0, 0.1) is 11.3 Å². The highest BCUT2D eigenvalue weighted by Crippen LogP contribution is 2.25. The highest BCUT2D eigenvalue weighted by Gasteiger charge is 2.34. The predicted molar refractivity (Wildman–Crippen MR) is 72.2 cm³/mol. The van der Waals surface area contributed by atoms with Gasteiger partial charge in [0.15, 0.2) is 0 Å². The van der Waals surface area contributed by atoms with E-state index in [1.54, 1.807) is 0 Å². The van der Waals surface area contributed by atoms with Gasteiger partial charge in [-0.1, -0.05) is 34.1 Å². The molecule has 1 aliphatic rings. The topological polar surface area (TPSA) is 32.3 Å². The average molecular weight is 276 g/mol. The van der Waals surface area contributed by atoms with Gasteiger partial charge in [0.1, 0.15) is 0 Å². The molecule has 0 radical (unpaired) electrons. The molecule has 1 amide bonds. The van der Waals surface area contributed by atoms with Crippen LogP contribution in [0.3, 0.4) is 0 Å². The third-order valence-electron chi connectivity index (χ3n) is 3.60. The molecule has 5 heteroatoms. The Morgan fingerprint density at radius 2 is 2.00 bits per heavy atom. The first-order chi connectivity index (χ1) is 8.74. The highest BCUT2D eigenvalue weighted by molar-refractivity contribution is 5.81. The molecule has 0 aromatic rings. The maximum Gasteiger partial charge on any atom is 0.250 e.